The highest BCUT2D eigenvalue weighted by molar-refractivity contribution is 5.99. The third kappa shape index (κ3) is 4.41. The minimum Gasteiger partial charge on any atom is -0.493 e. The van der Waals surface area contributed by atoms with E-state index in [2.05, 4.69) is 6.92 Å². The van der Waals surface area contributed by atoms with Crippen LogP contribution >= 0.6 is 0 Å². The predicted octanol–water partition coefficient (Wildman–Crippen LogP) is 5.09. The van der Waals surface area contributed by atoms with Crippen molar-refractivity contribution in [1.82, 2.24) is 4.90 Å². The summed E-state index contributed by atoms with van der Waals surface area (Å²) in [5.74, 6) is 1.04. The van der Waals surface area contributed by atoms with Crippen molar-refractivity contribution < 1.29 is 23.4 Å². The molecular weight excluding hydrogens is 446 g/mol. The summed E-state index contributed by atoms with van der Waals surface area (Å²) in [7, 11) is 1.60. The molecular formula is C28H31NO6. The van der Waals surface area contributed by atoms with Crippen LogP contribution in [0.3, 0.4) is 0 Å². The molecule has 184 valence electrons. The number of para-hydroxylation sites is 1. The highest BCUT2D eigenvalue weighted by Gasteiger charge is 2.44. The summed E-state index contributed by atoms with van der Waals surface area (Å²) in [5, 5.41) is 0.464. The van der Waals surface area contributed by atoms with Gasteiger partial charge in [-0.3, -0.25) is 9.59 Å². The average molecular weight is 478 g/mol. The second-order valence-electron chi connectivity index (χ2n) is 9.13. The Hall–Kier alpha value is -3.32. The summed E-state index contributed by atoms with van der Waals surface area (Å²) in [6, 6.07) is 12.1. The molecule has 0 spiro atoms. The van der Waals surface area contributed by atoms with Gasteiger partial charge in [0.1, 0.15) is 5.58 Å². The van der Waals surface area contributed by atoms with Crippen LogP contribution in [0.4, 0.5) is 0 Å². The second-order valence-corrected chi connectivity index (χ2v) is 9.13. The number of rotatable bonds is 9. The number of methoxy groups -OCH3 is 1. The Morgan fingerprint density at radius 1 is 1.09 bits per heavy atom. The standard InChI is InChI=1S/C28H31NO6/c1-3-4-7-14-34-22-13-12-18(16-23(22)32-2)25-24-26(30)20-10-5-6-11-21(20)35-27(24)28(31)29(25)17-19-9-8-15-33-19/h5-6,10-13,16,19,25H,3-4,7-9,14-15,17H2,1-2H3/t19-,25+/m1/s1. The number of nitrogens with zero attached hydrogens (tertiary/aromatic N) is 1. The summed E-state index contributed by atoms with van der Waals surface area (Å²) >= 11 is 0. The zero-order chi connectivity index (χ0) is 24.4. The first-order chi connectivity index (χ1) is 17.1. The van der Waals surface area contributed by atoms with Gasteiger partial charge in [0.05, 0.1) is 36.8 Å². The molecule has 0 bridgehead atoms. The van der Waals surface area contributed by atoms with E-state index in [0.717, 1.165) is 37.7 Å². The smallest absolute Gasteiger partial charge is 0.291 e. The van der Waals surface area contributed by atoms with Gasteiger partial charge in [0.15, 0.2) is 16.9 Å². The molecule has 0 radical (unpaired) electrons. The Kier molecular flexibility index (Phi) is 6.77. The first-order valence-corrected chi connectivity index (χ1v) is 12.4. The monoisotopic (exact) mass is 477 g/mol. The number of carbonyl (C=O) groups excluding carboxylic acids is 1. The average Bonchev–Trinajstić information content (AvgIpc) is 3.49. The van der Waals surface area contributed by atoms with Gasteiger partial charge in [-0.15, -0.1) is 0 Å². The molecule has 7 nitrogen and oxygen atoms in total. The number of hydrogen-bond donors (Lipinski definition) is 0. The molecule has 5 rings (SSSR count). The minimum atomic E-state index is -0.592. The normalized spacial score (nSPS) is 19.4. The minimum absolute atomic E-state index is 0.0663. The zero-order valence-electron chi connectivity index (χ0n) is 20.2. The van der Waals surface area contributed by atoms with Crippen molar-refractivity contribution >= 4 is 16.9 Å². The molecule has 7 heteroatoms. The van der Waals surface area contributed by atoms with Gasteiger partial charge >= 0.3 is 0 Å². The van der Waals surface area contributed by atoms with Crippen LogP contribution in [0, 0.1) is 0 Å². The van der Waals surface area contributed by atoms with E-state index in [4.69, 9.17) is 18.6 Å². The molecule has 1 fully saturated rings. The fraction of sp³-hybridized carbons (Fsp3) is 0.429. The first-order valence-electron chi connectivity index (χ1n) is 12.4. The van der Waals surface area contributed by atoms with Crippen LogP contribution in [-0.4, -0.2) is 43.8 Å². The van der Waals surface area contributed by atoms with E-state index in [-0.39, 0.29) is 23.2 Å². The Bertz CT molecular complexity index is 1280. The van der Waals surface area contributed by atoms with Gasteiger partial charge in [-0.1, -0.05) is 38.0 Å². The van der Waals surface area contributed by atoms with Gasteiger partial charge in [0, 0.05) is 13.2 Å². The van der Waals surface area contributed by atoms with Crippen molar-refractivity contribution in [2.24, 2.45) is 0 Å². The van der Waals surface area contributed by atoms with Crippen LogP contribution in [0.15, 0.2) is 51.7 Å². The summed E-state index contributed by atoms with van der Waals surface area (Å²) in [5.41, 5.74) is 1.37. The number of hydrogen-bond acceptors (Lipinski definition) is 6. The SMILES string of the molecule is CCCCCOc1ccc([C@H]2c3c(oc4ccccc4c3=O)C(=O)N2C[C@H]2CCCO2)cc1OC. The van der Waals surface area contributed by atoms with E-state index in [1.165, 1.54) is 0 Å². The third-order valence-electron chi connectivity index (χ3n) is 6.81. The van der Waals surface area contributed by atoms with E-state index in [1.54, 1.807) is 36.3 Å². The molecule has 3 heterocycles. The maximum absolute atomic E-state index is 13.6. The number of ether oxygens (including phenoxy) is 3. The van der Waals surface area contributed by atoms with Gasteiger partial charge in [0.2, 0.25) is 5.76 Å². The maximum atomic E-state index is 13.6. The van der Waals surface area contributed by atoms with Crippen LogP contribution in [0.2, 0.25) is 0 Å². The molecule has 0 N–H and O–H groups in total. The van der Waals surface area contributed by atoms with Gasteiger partial charge in [0.25, 0.3) is 5.91 Å². The fourth-order valence-corrected chi connectivity index (χ4v) is 5.02. The quantitative estimate of drug-likeness (QED) is 0.399. The lowest BCUT2D eigenvalue weighted by Crippen LogP contribution is -2.36. The van der Waals surface area contributed by atoms with Crippen molar-refractivity contribution in [2.75, 3.05) is 26.9 Å². The molecule has 1 amide bonds. The molecule has 3 aromatic rings. The van der Waals surface area contributed by atoms with Crippen LogP contribution in [0.1, 0.15) is 66.8 Å². The van der Waals surface area contributed by atoms with E-state index in [1.807, 2.05) is 18.2 Å². The molecule has 2 aliphatic rings. The molecule has 2 aromatic carbocycles. The molecule has 0 unspecified atom stereocenters. The number of unbranched alkanes of at least 4 members (excludes halogenated alkanes) is 2. The lowest BCUT2D eigenvalue weighted by Gasteiger charge is -2.28. The van der Waals surface area contributed by atoms with Crippen LogP contribution in [0.25, 0.3) is 11.0 Å². The molecule has 35 heavy (non-hydrogen) atoms. The molecule has 0 saturated carbocycles. The van der Waals surface area contributed by atoms with E-state index >= 15 is 0 Å². The van der Waals surface area contributed by atoms with Crippen molar-refractivity contribution in [3.05, 3.63) is 69.6 Å². The molecule has 0 aliphatic carbocycles. The van der Waals surface area contributed by atoms with Gasteiger partial charge in [-0.2, -0.15) is 0 Å². The van der Waals surface area contributed by atoms with Gasteiger partial charge in [-0.05, 0) is 49.1 Å². The van der Waals surface area contributed by atoms with Gasteiger partial charge < -0.3 is 23.5 Å². The van der Waals surface area contributed by atoms with Crippen LogP contribution in [0.5, 0.6) is 11.5 Å². The molecule has 1 aromatic heterocycles. The van der Waals surface area contributed by atoms with E-state index in [9.17, 15) is 9.59 Å². The molecule has 2 atom stereocenters. The highest BCUT2D eigenvalue weighted by atomic mass is 16.5. The number of amides is 1. The van der Waals surface area contributed by atoms with Crippen LogP contribution in [-0.2, 0) is 4.74 Å². The lowest BCUT2D eigenvalue weighted by molar-refractivity contribution is 0.0486. The summed E-state index contributed by atoms with van der Waals surface area (Å²) in [6.45, 7) is 3.83. The fourth-order valence-electron chi connectivity index (χ4n) is 5.02. The Labute approximate surface area is 204 Å². The van der Waals surface area contributed by atoms with Crippen molar-refractivity contribution in [3.8, 4) is 11.5 Å². The molecule has 1 saturated heterocycles. The Morgan fingerprint density at radius 2 is 1.94 bits per heavy atom. The topological polar surface area (TPSA) is 78.2 Å². The van der Waals surface area contributed by atoms with Gasteiger partial charge in [-0.25, -0.2) is 0 Å². The van der Waals surface area contributed by atoms with Crippen molar-refractivity contribution in [1.29, 1.82) is 0 Å². The first kappa shape index (κ1) is 23.4. The highest BCUT2D eigenvalue weighted by Crippen LogP contribution is 2.41. The predicted molar refractivity (Wildman–Crippen MR) is 132 cm³/mol. The van der Waals surface area contributed by atoms with Crippen molar-refractivity contribution in [3.63, 3.8) is 0 Å². The van der Waals surface area contributed by atoms with E-state index < -0.39 is 6.04 Å². The van der Waals surface area contributed by atoms with E-state index in [0.29, 0.717) is 47.8 Å². The Balaban J connectivity index is 1.57. The third-order valence-corrected chi connectivity index (χ3v) is 6.81. The van der Waals surface area contributed by atoms with Crippen molar-refractivity contribution in [2.45, 2.75) is 51.2 Å². The summed E-state index contributed by atoms with van der Waals surface area (Å²) < 4.78 is 23.4. The second kappa shape index (κ2) is 10.1. The molecule has 2 aliphatic heterocycles. The van der Waals surface area contributed by atoms with Crippen LogP contribution < -0.4 is 14.9 Å². The lowest BCUT2D eigenvalue weighted by atomic mass is 9.97. The number of benzene rings is 2. The number of fused-ring (bicyclic) bond motifs is 2. The zero-order valence-corrected chi connectivity index (χ0v) is 20.2. The Morgan fingerprint density at radius 3 is 2.71 bits per heavy atom. The largest absolute Gasteiger partial charge is 0.493 e. The maximum Gasteiger partial charge on any atom is 0.291 e. The number of carbonyl (C=O) groups is 1. The summed E-state index contributed by atoms with van der Waals surface area (Å²) in [4.78, 5) is 28.9. The summed E-state index contributed by atoms with van der Waals surface area (Å²) in [6.07, 6.45) is 4.96.